The zero-order valence-corrected chi connectivity index (χ0v) is 16.4. The lowest BCUT2D eigenvalue weighted by Crippen LogP contribution is -2.40. The fourth-order valence-corrected chi connectivity index (χ4v) is 3.25. The van der Waals surface area contributed by atoms with Crippen molar-refractivity contribution < 1.29 is 14.3 Å². The first-order valence-electron chi connectivity index (χ1n) is 9.31. The Bertz CT molecular complexity index is 851. The molecule has 27 heavy (non-hydrogen) atoms. The van der Waals surface area contributed by atoms with Crippen molar-refractivity contribution in [1.82, 2.24) is 19.9 Å². The first-order valence-corrected chi connectivity index (χ1v) is 9.31. The number of aromatic nitrogens is 3. The smallest absolute Gasteiger partial charge is 0.361 e. The maximum atomic E-state index is 12.4. The molecule has 0 saturated carbocycles. The van der Waals surface area contributed by atoms with E-state index in [2.05, 4.69) is 17.1 Å². The van der Waals surface area contributed by atoms with Gasteiger partial charge in [0.05, 0.1) is 11.4 Å². The van der Waals surface area contributed by atoms with Crippen molar-refractivity contribution in [3.63, 3.8) is 0 Å². The SMILES string of the molecule is Cc1ccc(-n2nc(C)c(C(=O)OCC(=O)N3CCC(C)CC3)n2)c(C)c1. The fourth-order valence-electron chi connectivity index (χ4n) is 3.25. The molecule has 0 unspecified atom stereocenters. The van der Waals surface area contributed by atoms with Gasteiger partial charge in [-0.3, -0.25) is 4.79 Å². The maximum absolute atomic E-state index is 12.4. The van der Waals surface area contributed by atoms with Crippen LogP contribution in [0.15, 0.2) is 18.2 Å². The number of benzene rings is 1. The van der Waals surface area contributed by atoms with Crippen LogP contribution in [0.25, 0.3) is 5.69 Å². The standard InChI is InChI=1S/C20H26N4O3/c1-13-7-9-23(10-8-13)18(25)12-27-20(26)19-16(4)21-24(22-19)17-6-5-14(2)11-15(17)3/h5-6,11,13H,7-10,12H2,1-4H3. The second kappa shape index (κ2) is 7.90. The highest BCUT2D eigenvalue weighted by Gasteiger charge is 2.23. The monoisotopic (exact) mass is 370 g/mol. The first-order chi connectivity index (χ1) is 12.8. The van der Waals surface area contributed by atoms with Gasteiger partial charge in [-0.1, -0.05) is 24.6 Å². The van der Waals surface area contributed by atoms with Crippen molar-refractivity contribution in [2.24, 2.45) is 5.92 Å². The second-order valence-corrected chi connectivity index (χ2v) is 7.35. The van der Waals surface area contributed by atoms with Crippen LogP contribution in [0.4, 0.5) is 0 Å². The van der Waals surface area contributed by atoms with Crippen molar-refractivity contribution in [1.29, 1.82) is 0 Å². The van der Waals surface area contributed by atoms with Gasteiger partial charge in [-0.25, -0.2) is 4.79 Å². The molecular weight excluding hydrogens is 344 g/mol. The van der Waals surface area contributed by atoms with Crippen LogP contribution in [-0.2, 0) is 9.53 Å². The number of rotatable bonds is 4. The van der Waals surface area contributed by atoms with Crippen molar-refractivity contribution in [2.45, 2.75) is 40.5 Å². The summed E-state index contributed by atoms with van der Waals surface area (Å²) < 4.78 is 5.20. The molecular formula is C20H26N4O3. The summed E-state index contributed by atoms with van der Waals surface area (Å²) >= 11 is 0. The molecule has 0 radical (unpaired) electrons. The Balaban J connectivity index is 1.65. The Morgan fingerprint density at radius 1 is 1.15 bits per heavy atom. The number of likely N-dealkylation sites (tertiary alicyclic amines) is 1. The molecule has 1 fully saturated rings. The molecule has 2 aromatic rings. The number of ether oxygens (including phenoxy) is 1. The third-order valence-electron chi connectivity index (χ3n) is 5.01. The number of esters is 1. The molecule has 144 valence electrons. The molecule has 0 atom stereocenters. The Labute approximate surface area is 159 Å². The number of carbonyl (C=O) groups excluding carboxylic acids is 2. The van der Waals surface area contributed by atoms with Crippen LogP contribution in [0.2, 0.25) is 0 Å². The Morgan fingerprint density at radius 3 is 2.52 bits per heavy atom. The number of hydrogen-bond donors (Lipinski definition) is 0. The summed E-state index contributed by atoms with van der Waals surface area (Å²) in [4.78, 5) is 27.8. The number of nitrogens with zero attached hydrogens (tertiary/aromatic N) is 4. The van der Waals surface area contributed by atoms with Crippen LogP contribution in [0.1, 0.15) is 47.1 Å². The zero-order valence-electron chi connectivity index (χ0n) is 16.4. The third-order valence-corrected chi connectivity index (χ3v) is 5.01. The highest BCUT2D eigenvalue weighted by molar-refractivity contribution is 5.90. The van der Waals surface area contributed by atoms with E-state index in [0.717, 1.165) is 42.7 Å². The molecule has 0 N–H and O–H groups in total. The Hall–Kier alpha value is -2.70. The van der Waals surface area contributed by atoms with Crippen molar-refractivity contribution in [3.05, 3.63) is 40.7 Å². The van der Waals surface area contributed by atoms with E-state index in [1.54, 1.807) is 11.8 Å². The minimum absolute atomic E-state index is 0.134. The predicted octanol–water partition coefficient (Wildman–Crippen LogP) is 2.61. The number of aryl methyl sites for hydroxylation is 3. The van der Waals surface area contributed by atoms with Crippen LogP contribution in [0, 0.1) is 26.7 Å². The third kappa shape index (κ3) is 4.35. The zero-order chi connectivity index (χ0) is 19.6. The quantitative estimate of drug-likeness (QED) is 0.773. The van der Waals surface area contributed by atoms with Crippen LogP contribution < -0.4 is 0 Å². The number of carbonyl (C=O) groups is 2. The summed E-state index contributed by atoms with van der Waals surface area (Å²) in [7, 11) is 0. The summed E-state index contributed by atoms with van der Waals surface area (Å²) in [5, 5.41) is 8.60. The summed E-state index contributed by atoms with van der Waals surface area (Å²) in [6, 6.07) is 5.92. The molecule has 1 aromatic heterocycles. The molecule has 3 rings (SSSR count). The van der Waals surface area contributed by atoms with Gasteiger partial charge in [-0.2, -0.15) is 9.90 Å². The van der Waals surface area contributed by atoms with E-state index in [-0.39, 0.29) is 18.2 Å². The van der Waals surface area contributed by atoms with Gasteiger partial charge in [0.25, 0.3) is 5.91 Å². The first kappa shape index (κ1) is 19.1. The highest BCUT2D eigenvalue weighted by atomic mass is 16.5. The van der Waals surface area contributed by atoms with Gasteiger partial charge in [0.1, 0.15) is 0 Å². The van der Waals surface area contributed by atoms with E-state index < -0.39 is 5.97 Å². The topological polar surface area (TPSA) is 77.3 Å². The number of amides is 1. The molecule has 0 aliphatic carbocycles. The van der Waals surface area contributed by atoms with Gasteiger partial charge in [0.15, 0.2) is 12.3 Å². The molecule has 0 bridgehead atoms. The van der Waals surface area contributed by atoms with Gasteiger partial charge in [-0.15, -0.1) is 5.10 Å². The second-order valence-electron chi connectivity index (χ2n) is 7.35. The molecule has 1 aromatic carbocycles. The molecule has 1 aliphatic rings. The summed E-state index contributed by atoms with van der Waals surface area (Å²) in [6.07, 6.45) is 1.98. The van der Waals surface area contributed by atoms with E-state index in [4.69, 9.17) is 4.74 Å². The largest absolute Gasteiger partial charge is 0.451 e. The lowest BCUT2D eigenvalue weighted by Gasteiger charge is -2.30. The number of hydrogen-bond acceptors (Lipinski definition) is 5. The average molecular weight is 370 g/mol. The highest BCUT2D eigenvalue weighted by Crippen LogP contribution is 2.17. The van der Waals surface area contributed by atoms with E-state index in [1.807, 2.05) is 32.0 Å². The Morgan fingerprint density at radius 2 is 1.85 bits per heavy atom. The van der Waals surface area contributed by atoms with E-state index in [1.165, 1.54) is 4.80 Å². The van der Waals surface area contributed by atoms with Crippen molar-refractivity contribution >= 4 is 11.9 Å². The van der Waals surface area contributed by atoms with Crippen molar-refractivity contribution in [3.8, 4) is 5.69 Å². The van der Waals surface area contributed by atoms with Gasteiger partial charge in [0.2, 0.25) is 0 Å². The van der Waals surface area contributed by atoms with E-state index in [9.17, 15) is 9.59 Å². The minimum atomic E-state index is -0.623. The number of piperidine rings is 1. The van der Waals surface area contributed by atoms with Crippen molar-refractivity contribution in [2.75, 3.05) is 19.7 Å². The van der Waals surface area contributed by atoms with Crippen LogP contribution in [-0.4, -0.2) is 51.5 Å². The Kier molecular flexibility index (Phi) is 5.58. The van der Waals surface area contributed by atoms with Crippen LogP contribution >= 0.6 is 0 Å². The van der Waals surface area contributed by atoms with Gasteiger partial charge >= 0.3 is 5.97 Å². The lowest BCUT2D eigenvalue weighted by molar-refractivity contribution is -0.135. The molecule has 0 spiro atoms. The van der Waals surface area contributed by atoms with Gasteiger partial charge in [0, 0.05) is 13.1 Å². The summed E-state index contributed by atoms with van der Waals surface area (Å²) in [6.45, 7) is 9.06. The van der Waals surface area contributed by atoms with Gasteiger partial charge < -0.3 is 9.64 Å². The van der Waals surface area contributed by atoms with Crippen LogP contribution in [0.3, 0.4) is 0 Å². The van der Waals surface area contributed by atoms with E-state index >= 15 is 0 Å². The average Bonchev–Trinajstić information content (AvgIpc) is 3.01. The van der Waals surface area contributed by atoms with E-state index in [0.29, 0.717) is 11.6 Å². The minimum Gasteiger partial charge on any atom is -0.451 e. The molecule has 7 heteroatoms. The van der Waals surface area contributed by atoms with Crippen LogP contribution in [0.5, 0.6) is 0 Å². The molecule has 1 saturated heterocycles. The fraction of sp³-hybridized carbons (Fsp3) is 0.500. The predicted molar refractivity (Wildman–Crippen MR) is 101 cm³/mol. The molecule has 2 heterocycles. The molecule has 1 amide bonds. The maximum Gasteiger partial charge on any atom is 0.361 e. The molecule has 1 aliphatic heterocycles. The summed E-state index contributed by atoms with van der Waals surface area (Å²) in [5.41, 5.74) is 3.57. The van der Waals surface area contributed by atoms with Gasteiger partial charge in [-0.05, 0) is 51.2 Å². The molecule has 7 nitrogen and oxygen atoms in total. The lowest BCUT2D eigenvalue weighted by atomic mass is 9.99. The summed E-state index contributed by atoms with van der Waals surface area (Å²) in [5.74, 6) is -0.142. The normalized spacial score (nSPS) is 15.0.